The Balaban J connectivity index is 1.69. The van der Waals surface area contributed by atoms with E-state index in [1.807, 2.05) is 0 Å². The van der Waals surface area contributed by atoms with E-state index in [9.17, 15) is 14.4 Å². The number of benzene rings is 2. The zero-order valence-corrected chi connectivity index (χ0v) is 11.9. The highest BCUT2D eigenvalue weighted by atomic mass is 16.7. The van der Waals surface area contributed by atoms with E-state index in [1.54, 1.807) is 36.4 Å². The molecule has 2 aromatic carbocycles. The van der Waals surface area contributed by atoms with Gasteiger partial charge in [-0.3, -0.25) is 14.4 Å². The molecule has 0 fully saturated rings. The normalized spacial score (nSPS) is 13.1. The molecule has 0 unspecified atom stereocenters. The molecule has 1 aliphatic heterocycles. The van der Waals surface area contributed by atoms with E-state index < -0.39 is 17.8 Å². The summed E-state index contributed by atoms with van der Waals surface area (Å²) < 4.78 is 4.11. The molecule has 1 heterocycles. The molecule has 0 bridgehead atoms. The van der Waals surface area contributed by atoms with Crippen molar-refractivity contribution in [2.75, 3.05) is 0 Å². The van der Waals surface area contributed by atoms with Gasteiger partial charge in [0.2, 0.25) is 0 Å². The molecule has 0 aromatic heterocycles. The lowest BCUT2D eigenvalue weighted by Crippen LogP contribution is -2.29. The summed E-state index contributed by atoms with van der Waals surface area (Å²) in [5.74, 6) is -1.64. The van der Waals surface area contributed by atoms with Crippen molar-refractivity contribution in [2.24, 2.45) is 0 Å². The van der Waals surface area contributed by atoms with Gasteiger partial charge in [0.25, 0.3) is 11.8 Å². The SMILES string of the molecule is [B]OC(=O)c1ccc(CON2C(=O)c3ccccc3C2=O)cc1. The van der Waals surface area contributed by atoms with Gasteiger partial charge in [-0.2, -0.15) is 0 Å². The van der Waals surface area contributed by atoms with Gasteiger partial charge in [0, 0.05) is 0 Å². The molecule has 0 aliphatic carbocycles. The van der Waals surface area contributed by atoms with E-state index in [4.69, 9.17) is 12.9 Å². The minimum atomic E-state index is -0.655. The first-order chi connectivity index (χ1) is 11.1. The summed E-state index contributed by atoms with van der Waals surface area (Å²) in [6.45, 7) is 0.00339. The highest BCUT2D eigenvalue weighted by Gasteiger charge is 2.36. The van der Waals surface area contributed by atoms with Gasteiger partial charge >= 0.3 is 14.0 Å². The molecule has 1 aliphatic rings. The average Bonchev–Trinajstić information content (AvgIpc) is 2.84. The maximum atomic E-state index is 12.1. The number of hydrogen-bond donors (Lipinski definition) is 0. The molecule has 0 atom stereocenters. The van der Waals surface area contributed by atoms with Gasteiger partial charge in [0.05, 0.1) is 16.7 Å². The van der Waals surface area contributed by atoms with E-state index in [1.165, 1.54) is 12.1 Å². The molecule has 0 saturated carbocycles. The Morgan fingerprint density at radius 3 is 2.04 bits per heavy atom. The van der Waals surface area contributed by atoms with Crippen LogP contribution in [0.4, 0.5) is 0 Å². The first-order valence-electron chi connectivity index (χ1n) is 6.72. The van der Waals surface area contributed by atoms with Crippen LogP contribution in [-0.2, 0) is 16.1 Å². The summed E-state index contributed by atoms with van der Waals surface area (Å²) in [6.07, 6.45) is 0. The van der Waals surface area contributed by atoms with Crippen molar-refractivity contribution in [3.63, 3.8) is 0 Å². The molecular formula is C16H10BNO5. The van der Waals surface area contributed by atoms with Gasteiger partial charge in [-0.25, -0.2) is 4.79 Å². The van der Waals surface area contributed by atoms with Crippen LogP contribution in [0.1, 0.15) is 36.6 Å². The molecule has 2 radical (unpaired) electrons. The Bertz CT molecular complexity index is 752. The molecule has 0 spiro atoms. The fourth-order valence-corrected chi connectivity index (χ4v) is 2.23. The number of rotatable bonds is 4. The van der Waals surface area contributed by atoms with Gasteiger partial charge in [-0.1, -0.05) is 24.3 Å². The molecule has 3 rings (SSSR count). The largest absolute Gasteiger partial charge is 0.540 e. The van der Waals surface area contributed by atoms with Crippen LogP contribution in [-0.4, -0.2) is 30.9 Å². The minimum Gasteiger partial charge on any atom is -0.540 e. The van der Waals surface area contributed by atoms with Gasteiger partial charge in [0.15, 0.2) is 0 Å². The van der Waals surface area contributed by atoms with Crippen molar-refractivity contribution < 1.29 is 23.9 Å². The van der Waals surface area contributed by atoms with E-state index in [2.05, 4.69) is 4.65 Å². The topological polar surface area (TPSA) is 72.9 Å². The second kappa shape index (κ2) is 6.06. The van der Waals surface area contributed by atoms with Crippen molar-refractivity contribution in [2.45, 2.75) is 6.61 Å². The zero-order valence-electron chi connectivity index (χ0n) is 11.9. The smallest absolute Gasteiger partial charge is 0.378 e. The number of carbonyl (C=O) groups is 3. The predicted octanol–water partition coefficient (Wildman–Crippen LogP) is 1.65. The number of nitrogens with zero attached hydrogens (tertiary/aromatic N) is 1. The second-order valence-corrected chi connectivity index (χ2v) is 4.83. The summed E-state index contributed by atoms with van der Waals surface area (Å²) in [6, 6.07) is 12.8. The third-order valence-corrected chi connectivity index (χ3v) is 3.41. The number of amides is 2. The lowest BCUT2D eigenvalue weighted by atomic mass is 10.1. The molecule has 23 heavy (non-hydrogen) atoms. The summed E-state index contributed by atoms with van der Waals surface area (Å²) >= 11 is 0. The number of hydroxylamine groups is 2. The van der Waals surface area contributed by atoms with Crippen molar-refractivity contribution in [1.29, 1.82) is 0 Å². The number of fused-ring (bicyclic) bond motifs is 1. The molecule has 7 heteroatoms. The monoisotopic (exact) mass is 307 g/mol. The summed E-state index contributed by atoms with van der Waals surface area (Å²) in [4.78, 5) is 40.8. The van der Waals surface area contributed by atoms with Crippen LogP contribution >= 0.6 is 0 Å². The van der Waals surface area contributed by atoms with E-state index in [-0.39, 0.29) is 12.2 Å². The third-order valence-electron chi connectivity index (χ3n) is 3.41. The van der Waals surface area contributed by atoms with Gasteiger partial charge in [0.1, 0.15) is 6.61 Å². The van der Waals surface area contributed by atoms with Crippen molar-refractivity contribution >= 4 is 25.8 Å². The zero-order chi connectivity index (χ0) is 16.4. The van der Waals surface area contributed by atoms with Crippen molar-refractivity contribution in [3.8, 4) is 0 Å². The Hall–Kier alpha value is -2.93. The molecule has 2 aromatic rings. The third kappa shape index (κ3) is 2.74. The number of hydrogen-bond acceptors (Lipinski definition) is 5. The lowest BCUT2D eigenvalue weighted by molar-refractivity contribution is -0.101. The summed E-state index contributed by atoms with van der Waals surface area (Å²) in [7, 11) is 4.80. The van der Waals surface area contributed by atoms with Gasteiger partial charge < -0.3 is 4.65 Å². The molecule has 0 N–H and O–H groups in total. The van der Waals surface area contributed by atoms with E-state index >= 15 is 0 Å². The van der Waals surface area contributed by atoms with Gasteiger partial charge in [-0.05, 0) is 29.8 Å². The van der Waals surface area contributed by atoms with Crippen molar-refractivity contribution in [3.05, 3.63) is 70.8 Å². The van der Waals surface area contributed by atoms with E-state index in [0.717, 1.165) is 5.06 Å². The second-order valence-electron chi connectivity index (χ2n) is 4.83. The molecular weight excluding hydrogens is 297 g/mol. The molecule has 2 amide bonds. The first-order valence-corrected chi connectivity index (χ1v) is 6.72. The average molecular weight is 307 g/mol. The highest BCUT2D eigenvalue weighted by Crippen LogP contribution is 2.23. The highest BCUT2D eigenvalue weighted by molar-refractivity contribution is 6.20. The molecule has 6 nitrogen and oxygen atoms in total. The van der Waals surface area contributed by atoms with E-state index in [0.29, 0.717) is 16.7 Å². The molecule has 112 valence electrons. The Morgan fingerprint density at radius 1 is 0.957 bits per heavy atom. The summed E-state index contributed by atoms with van der Waals surface area (Å²) in [5.41, 5.74) is 1.60. The van der Waals surface area contributed by atoms with Crippen LogP contribution in [0.25, 0.3) is 0 Å². The maximum Gasteiger partial charge on any atom is 0.378 e. The van der Waals surface area contributed by atoms with Crippen LogP contribution in [0, 0.1) is 0 Å². The summed E-state index contributed by atoms with van der Waals surface area (Å²) in [5, 5.41) is 0.743. The minimum absolute atomic E-state index is 0.00339. The standard InChI is InChI=1S/C16H10BNO5/c17-23-16(21)11-7-5-10(6-8-11)9-22-18-14(19)12-3-1-2-4-13(12)15(18)20/h1-8H,9H2. The fraction of sp³-hybridized carbons (Fsp3) is 0.0625. The van der Waals surface area contributed by atoms with Crippen LogP contribution in [0.2, 0.25) is 0 Å². The van der Waals surface area contributed by atoms with Crippen molar-refractivity contribution in [1.82, 2.24) is 5.06 Å². The number of imide groups is 1. The first kappa shape index (κ1) is 15.0. The quantitative estimate of drug-likeness (QED) is 0.634. The van der Waals surface area contributed by atoms with Crippen LogP contribution < -0.4 is 0 Å². The number of carbonyl (C=O) groups excluding carboxylic acids is 3. The Labute approximate surface area is 133 Å². The molecule has 0 saturated heterocycles. The van der Waals surface area contributed by atoms with Gasteiger partial charge in [-0.15, -0.1) is 5.06 Å². The predicted molar refractivity (Wildman–Crippen MR) is 79.3 cm³/mol. The van der Waals surface area contributed by atoms with Crippen LogP contribution in [0.5, 0.6) is 0 Å². The Kier molecular flexibility index (Phi) is 3.95. The fourth-order valence-electron chi connectivity index (χ4n) is 2.23. The lowest BCUT2D eigenvalue weighted by Gasteiger charge is -2.13. The Morgan fingerprint density at radius 2 is 1.52 bits per heavy atom. The van der Waals surface area contributed by atoms with Crippen LogP contribution in [0.3, 0.4) is 0 Å². The van der Waals surface area contributed by atoms with Crippen LogP contribution in [0.15, 0.2) is 48.5 Å². The maximum absolute atomic E-state index is 12.1.